The van der Waals surface area contributed by atoms with E-state index in [1.165, 1.54) is 0 Å². The van der Waals surface area contributed by atoms with E-state index >= 15 is 0 Å². The van der Waals surface area contributed by atoms with Gasteiger partial charge in [-0.15, -0.1) is 0 Å². The molecular formula is C29H39N2O5+. The molecule has 0 aromatic heterocycles. The number of carbonyl (C=O) groups is 3. The largest absolute Gasteiger partial charge is 0.462 e. The van der Waals surface area contributed by atoms with Gasteiger partial charge in [0.2, 0.25) is 0 Å². The van der Waals surface area contributed by atoms with Gasteiger partial charge < -0.3 is 19.3 Å². The zero-order chi connectivity index (χ0) is 26.1. The number of ether oxygens (including phenoxy) is 2. The van der Waals surface area contributed by atoms with Crippen molar-refractivity contribution in [2.45, 2.75) is 66.0 Å². The number of nitrogens with zero attached hydrogens (tertiary/aromatic N) is 1. The van der Waals surface area contributed by atoms with Crippen LogP contribution in [0.2, 0.25) is 0 Å². The number of hydrogen-bond acceptors (Lipinski definition) is 5. The summed E-state index contributed by atoms with van der Waals surface area (Å²) < 4.78 is 11.2. The molecule has 7 nitrogen and oxygen atoms in total. The SMILES string of the molecule is CCOC(=O)c1cc(C)cc(C)c1NC(=O)C(CC)[N+]1(CC(=O)OCc2ccccc2)CCCCC1. The standard InChI is InChI=1S/C29H38N2O5/c1-5-25(28(33)30-27-22(4)17-21(3)18-24(27)29(34)35-6-2)31(15-11-8-12-16-31)19-26(32)36-20-23-13-9-7-10-14-23/h7,9-10,13-14,17-18,25H,5-6,8,11-12,15-16,19-20H2,1-4H3/p+1. The van der Waals surface area contributed by atoms with Gasteiger partial charge in [-0.1, -0.05) is 43.3 Å². The maximum absolute atomic E-state index is 13.7. The lowest BCUT2D eigenvalue weighted by atomic mass is 9.99. The molecule has 194 valence electrons. The van der Waals surface area contributed by atoms with Gasteiger partial charge in [-0.2, -0.15) is 0 Å². The van der Waals surface area contributed by atoms with Gasteiger partial charge >= 0.3 is 11.9 Å². The maximum atomic E-state index is 13.7. The van der Waals surface area contributed by atoms with E-state index in [0.29, 0.717) is 22.2 Å². The van der Waals surface area contributed by atoms with Crippen LogP contribution in [0.5, 0.6) is 0 Å². The Balaban J connectivity index is 1.82. The van der Waals surface area contributed by atoms with Crippen molar-refractivity contribution in [2.24, 2.45) is 0 Å². The zero-order valence-electron chi connectivity index (χ0n) is 22.0. The molecule has 1 unspecified atom stereocenters. The molecule has 2 aromatic carbocycles. The van der Waals surface area contributed by atoms with Gasteiger partial charge in [0.25, 0.3) is 5.91 Å². The summed E-state index contributed by atoms with van der Waals surface area (Å²) in [7, 11) is 0. The van der Waals surface area contributed by atoms with Gasteiger partial charge in [0.05, 0.1) is 30.9 Å². The third kappa shape index (κ3) is 6.72. The van der Waals surface area contributed by atoms with Crippen LogP contribution in [0.1, 0.15) is 66.6 Å². The summed E-state index contributed by atoms with van der Waals surface area (Å²) in [6.45, 7) is 9.61. The molecule has 1 atom stereocenters. The van der Waals surface area contributed by atoms with E-state index in [0.717, 1.165) is 49.0 Å². The van der Waals surface area contributed by atoms with Gasteiger partial charge in [0.15, 0.2) is 12.6 Å². The van der Waals surface area contributed by atoms with Crippen LogP contribution in [0.15, 0.2) is 42.5 Å². The lowest BCUT2D eigenvalue weighted by Crippen LogP contribution is -2.63. The number of anilines is 1. The van der Waals surface area contributed by atoms with E-state index in [-0.39, 0.29) is 31.6 Å². The second-order valence-corrected chi connectivity index (χ2v) is 9.67. The van der Waals surface area contributed by atoms with Gasteiger partial charge in [-0.05, 0) is 62.8 Å². The first kappa shape index (κ1) is 27.4. The first-order chi connectivity index (χ1) is 17.3. The molecule has 0 spiro atoms. The monoisotopic (exact) mass is 495 g/mol. The Morgan fingerprint density at radius 2 is 1.67 bits per heavy atom. The molecule has 1 amide bonds. The average molecular weight is 496 g/mol. The lowest BCUT2D eigenvalue weighted by molar-refractivity contribution is -0.940. The van der Waals surface area contributed by atoms with Gasteiger partial charge in [0, 0.05) is 6.42 Å². The highest BCUT2D eigenvalue weighted by molar-refractivity contribution is 6.03. The van der Waals surface area contributed by atoms with Crippen LogP contribution in [0.25, 0.3) is 0 Å². The molecule has 0 saturated carbocycles. The zero-order valence-corrected chi connectivity index (χ0v) is 22.0. The Bertz CT molecular complexity index is 1060. The predicted molar refractivity (Wildman–Crippen MR) is 140 cm³/mol. The van der Waals surface area contributed by atoms with E-state index in [1.54, 1.807) is 13.0 Å². The summed E-state index contributed by atoms with van der Waals surface area (Å²) in [6.07, 6.45) is 3.55. The molecule has 36 heavy (non-hydrogen) atoms. The molecule has 1 heterocycles. The molecule has 0 aliphatic carbocycles. The maximum Gasteiger partial charge on any atom is 0.362 e. The molecule has 2 aromatic rings. The van der Waals surface area contributed by atoms with Crippen molar-refractivity contribution >= 4 is 23.5 Å². The molecule has 3 rings (SSSR count). The molecule has 1 aliphatic heterocycles. The molecule has 7 heteroatoms. The van der Waals surface area contributed by atoms with Crippen molar-refractivity contribution in [1.29, 1.82) is 0 Å². The van der Waals surface area contributed by atoms with Crippen LogP contribution in [-0.4, -0.2) is 54.6 Å². The number of nitrogens with one attached hydrogen (secondary N) is 1. The number of carbonyl (C=O) groups excluding carboxylic acids is 3. The molecule has 1 N–H and O–H groups in total. The van der Waals surface area contributed by atoms with E-state index in [4.69, 9.17) is 9.47 Å². The topological polar surface area (TPSA) is 81.7 Å². The number of benzene rings is 2. The highest BCUT2D eigenvalue weighted by Gasteiger charge is 2.44. The van der Waals surface area contributed by atoms with Crippen molar-refractivity contribution in [2.75, 3.05) is 31.6 Å². The number of hydrogen-bond donors (Lipinski definition) is 1. The Hall–Kier alpha value is -3.19. The second kappa shape index (κ2) is 12.7. The van der Waals surface area contributed by atoms with Crippen LogP contribution in [0.4, 0.5) is 5.69 Å². The number of aryl methyl sites for hydroxylation is 2. The predicted octanol–water partition coefficient (Wildman–Crippen LogP) is 4.94. The van der Waals surface area contributed by atoms with Crippen molar-refractivity contribution < 1.29 is 28.3 Å². The molecule has 1 fully saturated rings. The van der Waals surface area contributed by atoms with Gasteiger partial charge in [0.1, 0.15) is 6.61 Å². The lowest BCUT2D eigenvalue weighted by Gasteiger charge is -2.45. The molecular weight excluding hydrogens is 456 g/mol. The quantitative estimate of drug-likeness (QED) is 0.373. The fourth-order valence-electron chi connectivity index (χ4n) is 5.29. The first-order valence-corrected chi connectivity index (χ1v) is 12.9. The van der Waals surface area contributed by atoms with Crippen molar-refractivity contribution in [3.8, 4) is 0 Å². The average Bonchev–Trinajstić information content (AvgIpc) is 2.86. The second-order valence-electron chi connectivity index (χ2n) is 9.67. The fraction of sp³-hybridized carbons (Fsp3) is 0.483. The number of amides is 1. The van der Waals surface area contributed by atoms with Crippen molar-refractivity contribution in [3.05, 3.63) is 64.7 Å². The van der Waals surface area contributed by atoms with Crippen LogP contribution in [0, 0.1) is 13.8 Å². The number of esters is 2. The summed E-state index contributed by atoms with van der Waals surface area (Å²) >= 11 is 0. The highest BCUT2D eigenvalue weighted by Crippen LogP contribution is 2.29. The van der Waals surface area contributed by atoms with Gasteiger partial charge in [-0.25, -0.2) is 9.59 Å². The minimum atomic E-state index is -0.459. The first-order valence-electron chi connectivity index (χ1n) is 12.9. The summed E-state index contributed by atoms with van der Waals surface area (Å²) in [4.78, 5) is 39.4. The third-order valence-corrected chi connectivity index (χ3v) is 6.97. The molecule has 1 saturated heterocycles. The van der Waals surface area contributed by atoms with Crippen LogP contribution in [-0.2, 0) is 25.7 Å². The summed E-state index contributed by atoms with van der Waals surface area (Å²) in [5.41, 5.74) is 3.48. The number of rotatable bonds is 10. The molecule has 1 aliphatic rings. The number of quaternary nitrogens is 1. The van der Waals surface area contributed by atoms with E-state index in [1.807, 2.05) is 57.2 Å². The van der Waals surface area contributed by atoms with Crippen LogP contribution < -0.4 is 5.32 Å². The number of piperidine rings is 1. The summed E-state index contributed by atoms with van der Waals surface area (Å²) in [5.74, 6) is -0.947. The molecule has 0 bridgehead atoms. The Labute approximate surface area is 214 Å². The van der Waals surface area contributed by atoms with E-state index < -0.39 is 12.0 Å². The van der Waals surface area contributed by atoms with Crippen molar-refractivity contribution in [3.63, 3.8) is 0 Å². The minimum absolute atomic E-state index is 0.149. The summed E-state index contributed by atoms with van der Waals surface area (Å²) in [6, 6.07) is 12.8. The Morgan fingerprint density at radius 3 is 2.31 bits per heavy atom. The third-order valence-electron chi connectivity index (χ3n) is 6.97. The molecule has 0 radical (unpaired) electrons. The smallest absolute Gasteiger partial charge is 0.362 e. The van der Waals surface area contributed by atoms with E-state index in [9.17, 15) is 14.4 Å². The Morgan fingerprint density at radius 1 is 0.972 bits per heavy atom. The summed E-state index contributed by atoms with van der Waals surface area (Å²) in [5, 5.41) is 3.04. The van der Waals surface area contributed by atoms with Gasteiger partial charge in [-0.3, -0.25) is 4.79 Å². The van der Waals surface area contributed by atoms with Crippen LogP contribution >= 0.6 is 0 Å². The van der Waals surface area contributed by atoms with E-state index in [2.05, 4.69) is 5.32 Å². The minimum Gasteiger partial charge on any atom is -0.462 e. The fourth-order valence-corrected chi connectivity index (χ4v) is 5.29. The Kier molecular flexibility index (Phi) is 9.65. The highest BCUT2D eigenvalue weighted by atomic mass is 16.5. The number of likely N-dealkylation sites (tertiary alicyclic amines) is 1. The van der Waals surface area contributed by atoms with Crippen molar-refractivity contribution in [1.82, 2.24) is 0 Å². The normalized spacial score (nSPS) is 15.6. The van der Waals surface area contributed by atoms with Crippen LogP contribution in [0.3, 0.4) is 0 Å².